The summed E-state index contributed by atoms with van der Waals surface area (Å²) in [5.74, 6) is 1.04. The molecule has 2 heterocycles. The molecule has 0 saturated carbocycles. The standard InChI is InChI=1S/C13H16N6O/c1-3-14-12-5-4-11(18-19-12)13(20)16-8-10-6-7-15-9(2)17-10/h4-7H,3,8H2,1-2H3,(H,14,19)(H,16,20). The molecular weight excluding hydrogens is 256 g/mol. The van der Waals surface area contributed by atoms with Gasteiger partial charge in [0.25, 0.3) is 5.91 Å². The zero-order valence-electron chi connectivity index (χ0n) is 11.4. The van der Waals surface area contributed by atoms with Crippen LogP contribution in [0.3, 0.4) is 0 Å². The van der Waals surface area contributed by atoms with Crippen LogP contribution < -0.4 is 10.6 Å². The van der Waals surface area contributed by atoms with Gasteiger partial charge >= 0.3 is 0 Å². The summed E-state index contributed by atoms with van der Waals surface area (Å²) in [4.78, 5) is 20.1. The van der Waals surface area contributed by atoms with Gasteiger partial charge in [-0.15, -0.1) is 10.2 Å². The molecule has 2 aromatic heterocycles. The molecule has 20 heavy (non-hydrogen) atoms. The van der Waals surface area contributed by atoms with Crippen molar-refractivity contribution in [1.82, 2.24) is 25.5 Å². The number of nitrogens with zero attached hydrogens (tertiary/aromatic N) is 4. The third kappa shape index (κ3) is 3.71. The molecule has 0 atom stereocenters. The summed E-state index contributed by atoms with van der Waals surface area (Å²) in [7, 11) is 0. The highest BCUT2D eigenvalue weighted by Gasteiger charge is 2.08. The van der Waals surface area contributed by atoms with Crippen LogP contribution in [0.1, 0.15) is 28.9 Å². The van der Waals surface area contributed by atoms with Crippen molar-refractivity contribution in [2.75, 3.05) is 11.9 Å². The van der Waals surface area contributed by atoms with E-state index in [0.29, 0.717) is 18.2 Å². The van der Waals surface area contributed by atoms with Crippen LogP contribution in [0.2, 0.25) is 0 Å². The van der Waals surface area contributed by atoms with Gasteiger partial charge in [0.1, 0.15) is 11.6 Å². The van der Waals surface area contributed by atoms with Gasteiger partial charge in [0.05, 0.1) is 12.2 Å². The largest absolute Gasteiger partial charge is 0.369 e. The third-order valence-corrected chi connectivity index (χ3v) is 2.52. The molecule has 0 radical (unpaired) electrons. The van der Waals surface area contributed by atoms with Crippen LogP contribution in [0.15, 0.2) is 24.4 Å². The Morgan fingerprint density at radius 2 is 2.10 bits per heavy atom. The van der Waals surface area contributed by atoms with Gasteiger partial charge < -0.3 is 10.6 Å². The van der Waals surface area contributed by atoms with Gasteiger partial charge in [-0.1, -0.05) is 0 Å². The van der Waals surface area contributed by atoms with Crippen molar-refractivity contribution in [2.24, 2.45) is 0 Å². The van der Waals surface area contributed by atoms with E-state index in [4.69, 9.17) is 0 Å². The van der Waals surface area contributed by atoms with Crippen LogP contribution in [-0.2, 0) is 6.54 Å². The van der Waals surface area contributed by atoms with E-state index in [1.54, 1.807) is 31.3 Å². The van der Waals surface area contributed by atoms with Gasteiger partial charge in [-0.25, -0.2) is 9.97 Å². The molecule has 2 N–H and O–H groups in total. The monoisotopic (exact) mass is 272 g/mol. The first-order chi connectivity index (χ1) is 9.69. The zero-order chi connectivity index (χ0) is 14.4. The molecule has 0 aliphatic rings. The Labute approximate surface area is 116 Å². The van der Waals surface area contributed by atoms with E-state index in [1.165, 1.54) is 0 Å². The fourth-order valence-electron chi connectivity index (χ4n) is 1.59. The number of aromatic nitrogens is 4. The maximum absolute atomic E-state index is 11.9. The van der Waals surface area contributed by atoms with E-state index in [9.17, 15) is 4.79 Å². The molecule has 0 bridgehead atoms. The molecule has 0 saturated heterocycles. The van der Waals surface area contributed by atoms with Crippen LogP contribution in [0.5, 0.6) is 0 Å². The number of rotatable bonds is 5. The lowest BCUT2D eigenvalue weighted by Crippen LogP contribution is -2.24. The number of carbonyl (C=O) groups excluding carboxylic acids is 1. The molecule has 0 aliphatic carbocycles. The number of anilines is 1. The lowest BCUT2D eigenvalue weighted by atomic mass is 10.3. The van der Waals surface area contributed by atoms with Crippen LogP contribution in [-0.4, -0.2) is 32.6 Å². The molecule has 2 rings (SSSR count). The third-order valence-electron chi connectivity index (χ3n) is 2.52. The summed E-state index contributed by atoms with van der Waals surface area (Å²) >= 11 is 0. The lowest BCUT2D eigenvalue weighted by Gasteiger charge is -2.05. The lowest BCUT2D eigenvalue weighted by molar-refractivity contribution is 0.0944. The maximum atomic E-state index is 11.9. The first kappa shape index (κ1) is 13.9. The molecule has 1 amide bonds. The van der Waals surface area contributed by atoms with Gasteiger partial charge in [0, 0.05) is 12.7 Å². The van der Waals surface area contributed by atoms with Crippen molar-refractivity contribution in [2.45, 2.75) is 20.4 Å². The first-order valence-corrected chi connectivity index (χ1v) is 6.33. The summed E-state index contributed by atoms with van der Waals surface area (Å²) in [5, 5.41) is 13.5. The fourth-order valence-corrected chi connectivity index (χ4v) is 1.59. The number of carbonyl (C=O) groups is 1. The number of hydrogen-bond acceptors (Lipinski definition) is 6. The van der Waals surface area contributed by atoms with Crippen molar-refractivity contribution in [3.63, 3.8) is 0 Å². The van der Waals surface area contributed by atoms with Crippen LogP contribution in [0, 0.1) is 6.92 Å². The Morgan fingerprint density at radius 1 is 1.25 bits per heavy atom. The van der Waals surface area contributed by atoms with E-state index < -0.39 is 0 Å². The van der Waals surface area contributed by atoms with Crippen LogP contribution >= 0.6 is 0 Å². The average molecular weight is 272 g/mol. The van der Waals surface area contributed by atoms with E-state index in [-0.39, 0.29) is 11.6 Å². The fraction of sp³-hybridized carbons (Fsp3) is 0.308. The molecule has 0 fully saturated rings. The van der Waals surface area contributed by atoms with Gasteiger partial charge in [0.2, 0.25) is 0 Å². The van der Waals surface area contributed by atoms with Crippen molar-refractivity contribution >= 4 is 11.7 Å². The molecule has 7 nitrogen and oxygen atoms in total. The second-order valence-corrected chi connectivity index (χ2v) is 4.11. The quantitative estimate of drug-likeness (QED) is 0.841. The van der Waals surface area contributed by atoms with Crippen LogP contribution in [0.4, 0.5) is 5.82 Å². The first-order valence-electron chi connectivity index (χ1n) is 6.33. The van der Waals surface area contributed by atoms with Crippen molar-refractivity contribution in [3.05, 3.63) is 41.6 Å². The van der Waals surface area contributed by atoms with E-state index in [1.807, 2.05) is 6.92 Å². The highest BCUT2D eigenvalue weighted by Crippen LogP contribution is 2.02. The molecule has 7 heteroatoms. The highest BCUT2D eigenvalue weighted by molar-refractivity contribution is 5.92. The smallest absolute Gasteiger partial charge is 0.272 e. The Kier molecular flexibility index (Phi) is 4.54. The molecule has 0 unspecified atom stereocenters. The number of nitrogens with one attached hydrogen (secondary N) is 2. The normalized spacial score (nSPS) is 10.1. The number of amides is 1. The Morgan fingerprint density at radius 3 is 2.75 bits per heavy atom. The molecule has 104 valence electrons. The maximum Gasteiger partial charge on any atom is 0.272 e. The summed E-state index contributed by atoms with van der Waals surface area (Å²) in [6.45, 7) is 4.86. The summed E-state index contributed by atoms with van der Waals surface area (Å²) < 4.78 is 0. The molecule has 0 aliphatic heterocycles. The predicted molar refractivity (Wildman–Crippen MR) is 74.1 cm³/mol. The van der Waals surface area contributed by atoms with Gasteiger partial charge in [0.15, 0.2) is 5.69 Å². The van der Waals surface area contributed by atoms with Gasteiger partial charge in [-0.2, -0.15) is 0 Å². The summed E-state index contributed by atoms with van der Waals surface area (Å²) in [6, 6.07) is 5.11. The average Bonchev–Trinajstić information content (AvgIpc) is 2.46. The predicted octanol–water partition coefficient (Wildman–Crippen LogP) is 0.937. The molecule has 0 aromatic carbocycles. The van der Waals surface area contributed by atoms with E-state index >= 15 is 0 Å². The highest BCUT2D eigenvalue weighted by atomic mass is 16.1. The van der Waals surface area contributed by atoms with Crippen LogP contribution in [0.25, 0.3) is 0 Å². The minimum atomic E-state index is -0.281. The zero-order valence-corrected chi connectivity index (χ0v) is 11.4. The van der Waals surface area contributed by atoms with E-state index in [0.717, 1.165) is 12.2 Å². The van der Waals surface area contributed by atoms with Crippen molar-refractivity contribution in [1.29, 1.82) is 0 Å². The molecular formula is C13H16N6O. The minimum absolute atomic E-state index is 0.275. The van der Waals surface area contributed by atoms with Crippen molar-refractivity contribution < 1.29 is 4.79 Å². The number of aryl methyl sites for hydroxylation is 1. The van der Waals surface area contributed by atoms with Gasteiger partial charge in [-0.05, 0) is 32.0 Å². The Balaban J connectivity index is 1.94. The summed E-state index contributed by atoms with van der Waals surface area (Å²) in [5.41, 5.74) is 1.03. The van der Waals surface area contributed by atoms with Crippen molar-refractivity contribution in [3.8, 4) is 0 Å². The van der Waals surface area contributed by atoms with E-state index in [2.05, 4.69) is 30.8 Å². The Bertz CT molecular complexity index is 584. The molecule has 0 spiro atoms. The second-order valence-electron chi connectivity index (χ2n) is 4.11. The molecule has 2 aromatic rings. The number of hydrogen-bond donors (Lipinski definition) is 2. The Hall–Kier alpha value is -2.57. The topological polar surface area (TPSA) is 92.7 Å². The SMILES string of the molecule is CCNc1ccc(C(=O)NCc2ccnc(C)n2)nn1. The second kappa shape index (κ2) is 6.55. The minimum Gasteiger partial charge on any atom is -0.369 e. The van der Waals surface area contributed by atoms with Gasteiger partial charge in [-0.3, -0.25) is 4.79 Å². The summed E-state index contributed by atoms with van der Waals surface area (Å²) in [6.07, 6.45) is 1.66.